The zero-order valence-corrected chi connectivity index (χ0v) is 16.3. The van der Waals surface area contributed by atoms with Gasteiger partial charge in [-0.05, 0) is 44.0 Å². The van der Waals surface area contributed by atoms with Crippen LogP contribution in [0.3, 0.4) is 0 Å². The third-order valence-electron chi connectivity index (χ3n) is 4.57. The van der Waals surface area contributed by atoms with Crippen molar-refractivity contribution in [2.24, 2.45) is 0 Å². The molecule has 0 spiro atoms. The second kappa shape index (κ2) is 7.62. The highest BCUT2D eigenvalue weighted by molar-refractivity contribution is 7.92. The third-order valence-corrected chi connectivity index (χ3v) is 5.17. The van der Waals surface area contributed by atoms with Crippen molar-refractivity contribution in [3.05, 3.63) is 42.0 Å². The van der Waals surface area contributed by atoms with Gasteiger partial charge in [-0.2, -0.15) is 4.39 Å². The number of rotatable bonds is 5. The first-order valence-electron chi connectivity index (χ1n) is 8.81. The van der Waals surface area contributed by atoms with Crippen LogP contribution in [0.1, 0.15) is 31.2 Å². The van der Waals surface area contributed by atoms with Gasteiger partial charge in [0.1, 0.15) is 5.75 Å². The van der Waals surface area contributed by atoms with E-state index in [-0.39, 0.29) is 31.8 Å². The highest BCUT2D eigenvalue weighted by atomic mass is 32.2. The number of nitrogens with one attached hydrogen (secondary N) is 1. The van der Waals surface area contributed by atoms with Crippen LogP contribution < -0.4 is 9.46 Å². The molecule has 0 radical (unpaired) electrons. The van der Waals surface area contributed by atoms with Crippen LogP contribution in [0.2, 0.25) is 0 Å². The first kappa shape index (κ1) is 20.4. The number of sulfonamides is 1. The molecule has 1 saturated carbocycles. The predicted molar refractivity (Wildman–Crippen MR) is 101 cm³/mol. The standard InChI is InChI=1S/C19H21F3N2O3S/c1-12-9-13(11-23-18(12)20)16-10-14(24-28(2,25)26)3-4-17(16)27-15-5-7-19(21,22)8-6-15/h3-4,9-11,15,24H,5-8H2,1-2H3. The Morgan fingerprint density at radius 2 is 1.89 bits per heavy atom. The highest BCUT2D eigenvalue weighted by Gasteiger charge is 2.36. The zero-order valence-electron chi connectivity index (χ0n) is 15.5. The van der Waals surface area contributed by atoms with E-state index >= 15 is 0 Å². The number of anilines is 1. The molecule has 152 valence electrons. The summed E-state index contributed by atoms with van der Waals surface area (Å²) in [5, 5.41) is 0. The van der Waals surface area contributed by atoms with Crippen molar-refractivity contribution >= 4 is 15.7 Å². The zero-order chi connectivity index (χ0) is 20.5. The average molecular weight is 414 g/mol. The Labute approximate surface area is 162 Å². The number of alkyl halides is 2. The van der Waals surface area contributed by atoms with Crippen molar-refractivity contribution in [2.75, 3.05) is 11.0 Å². The van der Waals surface area contributed by atoms with Gasteiger partial charge in [0.2, 0.25) is 21.9 Å². The van der Waals surface area contributed by atoms with Crippen LogP contribution in [-0.2, 0) is 10.0 Å². The lowest BCUT2D eigenvalue weighted by Gasteiger charge is -2.29. The minimum Gasteiger partial charge on any atom is -0.490 e. The van der Waals surface area contributed by atoms with Crippen LogP contribution in [0.4, 0.5) is 18.9 Å². The van der Waals surface area contributed by atoms with Crippen LogP contribution >= 0.6 is 0 Å². The Bertz CT molecular complexity index is 970. The second-order valence-corrected chi connectivity index (χ2v) is 8.84. The minimum atomic E-state index is -3.49. The van der Waals surface area contributed by atoms with Crippen LogP contribution in [0, 0.1) is 12.9 Å². The Balaban J connectivity index is 1.95. The molecular weight excluding hydrogens is 393 g/mol. The fourth-order valence-corrected chi connectivity index (χ4v) is 3.71. The number of aryl methyl sites for hydroxylation is 1. The number of ether oxygens (including phenoxy) is 1. The van der Waals surface area contributed by atoms with Crippen molar-refractivity contribution in [1.82, 2.24) is 4.98 Å². The van der Waals surface area contributed by atoms with Crippen molar-refractivity contribution in [1.29, 1.82) is 0 Å². The van der Waals surface area contributed by atoms with E-state index in [1.54, 1.807) is 25.1 Å². The molecule has 0 saturated heterocycles. The highest BCUT2D eigenvalue weighted by Crippen LogP contribution is 2.38. The number of hydrogen-bond acceptors (Lipinski definition) is 4. The van der Waals surface area contributed by atoms with Crippen LogP contribution in [0.5, 0.6) is 5.75 Å². The molecule has 1 aliphatic carbocycles. The first-order chi connectivity index (χ1) is 13.0. The lowest BCUT2D eigenvalue weighted by Crippen LogP contribution is -2.30. The lowest BCUT2D eigenvalue weighted by molar-refractivity contribution is -0.0581. The van der Waals surface area contributed by atoms with Gasteiger partial charge in [-0.25, -0.2) is 22.2 Å². The number of benzene rings is 1. The maximum Gasteiger partial charge on any atom is 0.248 e. The number of hydrogen-bond donors (Lipinski definition) is 1. The third kappa shape index (κ3) is 5.15. The summed E-state index contributed by atoms with van der Waals surface area (Å²) >= 11 is 0. The molecule has 28 heavy (non-hydrogen) atoms. The molecule has 1 heterocycles. The van der Waals surface area contributed by atoms with Gasteiger partial charge in [-0.1, -0.05) is 0 Å². The number of nitrogens with zero attached hydrogens (tertiary/aromatic N) is 1. The van der Waals surface area contributed by atoms with Crippen molar-refractivity contribution < 1.29 is 26.3 Å². The molecule has 9 heteroatoms. The summed E-state index contributed by atoms with van der Waals surface area (Å²) in [6, 6.07) is 6.24. The molecule has 1 fully saturated rings. The maximum atomic E-state index is 13.6. The molecule has 1 aromatic carbocycles. The molecule has 0 bridgehead atoms. The normalized spacial score (nSPS) is 17.3. The van der Waals surface area contributed by atoms with Gasteiger partial charge in [0, 0.05) is 41.4 Å². The smallest absolute Gasteiger partial charge is 0.248 e. The van der Waals surface area contributed by atoms with Gasteiger partial charge in [0.05, 0.1) is 12.4 Å². The van der Waals surface area contributed by atoms with Crippen molar-refractivity contribution in [3.8, 4) is 16.9 Å². The van der Waals surface area contributed by atoms with Crippen LogP contribution in [0.15, 0.2) is 30.5 Å². The van der Waals surface area contributed by atoms with E-state index in [0.717, 1.165) is 6.26 Å². The van der Waals surface area contributed by atoms with Crippen LogP contribution in [-0.4, -0.2) is 31.7 Å². The summed E-state index contributed by atoms with van der Waals surface area (Å²) in [6.45, 7) is 1.56. The van der Waals surface area contributed by atoms with Crippen molar-refractivity contribution in [2.45, 2.75) is 44.6 Å². The van der Waals surface area contributed by atoms with Crippen LogP contribution in [0.25, 0.3) is 11.1 Å². The van der Waals surface area contributed by atoms with Crippen molar-refractivity contribution in [3.63, 3.8) is 0 Å². The molecule has 2 aromatic rings. The summed E-state index contributed by atoms with van der Waals surface area (Å²) in [5.41, 5.74) is 1.66. The molecule has 0 unspecified atom stereocenters. The SMILES string of the molecule is Cc1cc(-c2cc(NS(C)(=O)=O)ccc2OC2CCC(F)(F)CC2)cnc1F. The molecular formula is C19H21F3N2O3S. The first-order valence-corrected chi connectivity index (χ1v) is 10.7. The fraction of sp³-hybridized carbons (Fsp3) is 0.421. The van der Waals surface area contributed by atoms with Gasteiger partial charge < -0.3 is 4.74 Å². The second-order valence-electron chi connectivity index (χ2n) is 7.09. The Morgan fingerprint density at radius 1 is 1.21 bits per heavy atom. The van der Waals surface area contributed by atoms with Gasteiger partial charge in [0.25, 0.3) is 0 Å². The number of halogens is 3. The fourth-order valence-electron chi connectivity index (χ4n) is 3.15. The quantitative estimate of drug-likeness (QED) is 0.731. The van der Waals surface area contributed by atoms with E-state index in [1.165, 1.54) is 12.3 Å². The summed E-state index contributed by atoms with van der Waals surface area (Å²) in [4.78, 5) is 3.71. The molecule has 3 rings (SSSR count). The average Bonchev–Trinajstić information content (AvgIpc) is 2.59. The van der Waals surface area contributed by atoms with E-state index in [4.69, 9.17) is 4.74 Å². The molecule has 0 amide bonds. The van der Waals surface area contributed by atoms with E-state index in [9.17, 15) is 21.6 Å². The predicted octanol–water partition coefficient (Wildman–Crippen LogP) is 4.52. The number of pyridine rings is 1. The summed E-state index contributed by atoms with van der Waals surface area (Å²) in [6.07, 6.45) is 1.94. The molecule has 0 atom stereocenters. The molecule has 0 aliphatic heterocycles. The van der Waals surface area contributed by atoms with E-state index in [0.29, 0.717) is 28.1 Å². The number of aromatic nitrogens is 1. The topological polar surface area (TPSA) is 68.3 Å². The summed E-state index contributed by atoms with van der Waals surface area (Å²) < 4.78 is 71.7. The Hall–Kier alpha value is -2.29. The van der Waals surface area contributed by atoms with Gasteiger partial charge >= 0.3 is 0 Å². The summed E-state index contributed by atoms with van der Waals surface area (Å²) in [5.74, 6) is -2.86. The van der Waals surface area contributed by atoms with E-state index in [2.05, 4.69) is 9.71 Å². The molecule has 1 aliphatic rings. The largest absolute Gasteiger partial charge is 0.490 e. The lowest BCUT2D eigenvalue weighted by atomic mass is 9.94. The minimum absolute atomic E-state index is 0.219. The van der Waals surface area contributed by atoms with E-state index < -0.39 is 21.9 Å². The maximum absolute atomic E-state index is 13.6. The summed E-state index contributed by atoms with van der Waals surface area (Å²) in [7, 11) is -3.49. The molecule has 1 aromatic heterocycles. The monoisotopic (exact) mass is 414 g/mol. The molecule has 1 N–H and O–H groups in total. The van der Waals surface area contributed by atoms with Gasteiger partial charge in [0.15, 0.2) is 0 Å². The van der Waals surface area contributed by atoms with Gasteiger partial charge in [-0.15, -0.1) is 0 Å². The van der Waals surface area contributed by atoms with Gasteiger partial charge in [-0.3, -0.25) is 4.72 Å². The molecule has 5 nitrogen and oxygen atoms in total. The van der Waals surface area contributed by atoms with E-state index in [1.807, 2.05) is 0 Å². The Kier molecular flexibility index (Phi) is 5.56. The Morgan fingerprint density at radius 3 is 2.50 bits per heavy atom.